The molecule has 2 heterocycles. The number of aliphatic carboxylic acids is 1. The van der Waals surface area contributed by atoms with Gasteiger partial charge >= 0.3 is 5.97 Å². The predicted molar refractivity (Wildman–Crippen MR) is 54.7 cm³/mol. The standard InChI is InChI=1S/C9H14N4O2/c1-13-4-7(3-11-13)12-9(2-8(14)15)5-10-6-9/h3-4,10,12H,2,5-6H2,1H3,(H,14,15). The minimum absolute atomic E-state index is 0.120. The molecular weight excluding hydrogens is 196 g/mol. The van der Waals surface area contributed by atoms with Gasteiger partial charge in [-0.25, -0.2) is 0 Å². The molecule has 82 valence electrons. The first-order chi connectivity index (χ1) is 7.10. The van der Waals surface area contributed by atoms with Crippen molar-refractivity contribution in [3.8, 4) is 0 Å². The second kappa shape index (κ2) is 3.54. The number of nitrogens with one attached hydrogen (secondary N) is 2. The Hall–Kier alpha value is -1.56. The topological polar surface area (TPSA) is 79.2 Å². The lowest BCUT2D eigenvalue weighted by Gasteiger charge is -2.42. The molecule has 0 radical (unpaired) electrons. The Balaban J connectivity index is 2.04. The van der Waals surface area contributed by atoms with Gasteiger partial charge in [0.2, 0.25) is 0 Å². The van der Waals surface area contributed by atoms with Crippen LogP contribution in [0.4, 0.5) is 5.69 Å². The maximum absolute atomic E-state index is 10.7. The highest BCUT2D eigenvalue weighted by Crippen LogP contribution is 2.22. The van der Waals surface area contributed by atoms with Crippen LogP contribution in [0.15, 0.2) is 12.4 Å². The molecule has 2 rings (SSSR count). The van der Waals surface area contributed by atoms with Crippen molar-refractivity contribution < 1.29 is 9.90 Å². The highest BCUT2D eigenvalue weighted by molar-refractivity contribution is 5.70. The summed E-state index contributed by atoms with van der Waals surface area (Å²) in [5.41, 5.74) is 0.509. The Labute approximate surface area is 87.3 Å². The summed E-state index contributed by atoms with van der Waals surface area (Å²) in [5.74, 6) is -0.784. The average Bonchev–Trinajstić information content (AvgIpc) is 2.46. The summed E-state index contributed by atoms with van der Waals surface area (Å²) in [4.78, 5) is 10.7. The third-order valence-corrected chi connectivity index (χ3v) is 2.53. The lowest BCUT2D eigenvalue weighted by atomic mass is 9.88. The molecule has 6 heteroatoms. The molecule has 1 saturated heterocycles. The number of hydrogen-bond acceptors (Lipinski definition) is 4. The molecule has 1 aromatic rings. The summed E-state index contributed by atoms with van der Waals surface area (Å²) >= 11 is 0. The van der Waals surface area contributed by atoms with Crippen LogP contribution in [0.25, 0.3) is 0 Å². The number of aryl methyl sites for hydroxylation is 1. The van der Waals surface area contributed by atoms with Crippen LogP contribution in [0, 0.1) is 0 Å². The fraction of sp³-hybridized carbons (Fsp3) is 0.556. The molecule has 0 amide bonds. The SMILES string of the molecule is Cn1cc(NC2(CC(=O)O)CNC2)cn1. The molecule has 0 aromatic carbocycles. The number of anilines is 1. The summed E-state index contributed by atoms with van der Waals surface area (Å²) in [6, 6.07) is 0. The van der Waals surface area contributed by atoms with E-state index < -0.39 is 5.97 Å². The third kappa shape index (κ3) is 2.10. The van der Waals surface area contributed by atoms with Crippen LogP contribution in [0.2, 0.25) is 0 Å². The van der Waals surface area contributed by atoms with Crippen LogP contribution < -0.4 is 10.6 Å². The molecule has 0 atom stereocenters. The maximum atomic E-state index is 10.7. The number of aromatic nitrogens is 2. The first-order valence-corrected chi connectivity index (χ1v) is 4.79. The zero-order valence-electron chi connectivity index (χ0n) is 8.53. The first-order valence-electron chi connectivity index (χ1n) is 4.79. The van der Waals surface area contributed by atoms with Gasteiger partial charge in [0.1, 0.15) is 0 Å². The Morgan fingerprint density at radius 1 is 1.80 bits per heavy atom. The fourth-order valence-corrected chi connectivity index (χ4v) is 1.77. The molecule has 3 N–H and O–H groups in total. The van der Waals surface area contributed by atoms with E-state index in [1.165, 1.54) is 0 Å². The van der Waals surface area contributed by atoms with Crippen molar-refractivity contribution in [2.24, 2.45) is 7.05 Å². The van der Waals surface area contributed by atoms with E-state index in [1.807, 2.05) is 13.2 Å². The maximum Gasteiger partial charge on any atom is 0.305 e. The van der Waals surface area contributed by atoms with Crippen molar-refractivity contribution in [3.63, 3.8) is 0 Å². The number of nitrogens with zero attached hydrogens (tertiary/aromatic N) is 2. The van der Waals surface area contributed by atoms with Gasteiger partial charge in [-0.2, -0.15) is 5.10 Å². The van der Waals surface area contributed by atoms with Crippen molar-refractivity contribution in [1.29, 1.82) is 0 Å². The minimum Gasteiger partial charge on any atom is -0.481 e. The van der Waals surface area contributed by atoms with E-state index in [1.54, 1.807) is 10.9 Å². The Morgan fingerprint density at radius 3 is 2.93 bits per heavy atom. The van der Waals surface area contributed by atoms with Gasteiger partial charge in [-0.3, -0.25) is 9.48 Å². The monoisotopic (exact) mass is 210 g/mol. The molecule has 1 aliphatic heterocycles. The Bertz CT molecular complexity index is 370. The molecule has 1 aliphatic rings. The van der Waals surface area contributed by atoms with Gasteiger partial charge < -0.3 is 15.7 Å². The van der Waals surface area contributed by atoms with Crippen LogP contribution in [0.5, 0.6) is 0 Å². The number of carboxylic acid groups (broad SMARTS) is 1. The normalized spacial score (nSPS) is 18.2. The van der Waals surface area contributed by atoms with Crippen molar-refractivity contribution in [1.82, 2.24) is 15.1 Å². The number of rotatable bonds is 4. The van der Waals surface area contributed by atoms with Gasteiger partial charge in [-0.1, -0.05) is 0 Å². The van der Waals surface area contributed by atoms with E-state index in [9.17, 15) is 4.79 Å². The van der Waals surface area contributed by atoms with Crippen LogP contribution in [-0.4, -0.2) is 39.5 Å². The number of carboxylic acids is 1. The Kier molecular flexibility index (Phi) is 2.36. The van der Waals surface area contributed by atoms with Crippen molar-refractivity contribution in [2.75, 3.05) is 18.4 Å². The first kappa shape index (κ1) is 9.97. The second-order valence-electron chi connectivity index (χ2n) is 3.98. The van der Waals surface area contributed by atoms with E-state index >= 15 is 0 Å². The summed E-state index contributed by atoms with van der Waals surface area (Å²) in [6.07, 6.45) is 3.65. The average molecular weight is 210 g/mol. The smallest absolute Gasteiger partial charge is 0.305 e. The zero-order valence-corrected chi connectivity index (χ0v) is 8.53. The highest BCUT2D eigenvalue weighted by atomic mass is 16.4. The molecule has 0 unspecified atom stereocenters. The van der Waals surface area contributed by atoms with Crippen molar-refractivity contribution in [3.05, 3.63) is 12.4 Å². The summed E-state index contributed by atoms with van der Waals surface area (Å²) in [7, 11) is 1.83. The fourth-order valence-electron chi connectivity index (χ4n) is 1.77. The largest absolute Gasteiger partial charge is 0.481 e. The van der Waals surface area contributed by atoms with Crippen molar-refractivity contribution >= 4 is 11.7 Å². The lowest BCUT2D eigenvalue weighted by molar-refractivity contribution is -0.138. The molecule has 0 aliphatic carbocycles. The second-order valence-corrected chi connectivity index (χ2v) is 3.98. The van der Waals surface area contributed by atoms with Gasteiger partial charge in [0.25, 0.3) is 0 Å². The number of hydrogen-bond donors (Lipinski definition) is 3. The number of carbonyl (C=O) groups is 1. The van der Waals surface area contributed by atoms with Gasteiger partial charge in [-0.05, 0) is 0 Å². The van der Waals surface area contributed by atoms with Crippen LogP contribution in [0.3, 0.4) is 0 Å². The molecule has 6 nitrogen and oxygen atoms in total. The molecule has 1 fully saturated rings. The molecule has 15 heavy (non-hydrogen) atoms. The minimum atomic E-state index is -0.784. The summed E-state index contributed by atoms with van der Waals surface area (Å²) in [5, 5.41) is 19.1. The zero-order chi connectivity index (χ0) is 10.9. The van der Waals surface area contributed by atoms with Crippen molar-refractivity contribution in [2.45, 2.75) is 12.0 Å². The highest BCUT2D eigenvalue weighted by Gasteiger charge is 2.39. The van der Waals surface area contributed by atoms with Gasteiger partial charge in [0, 0.05) is 26.3 Å². The van der Waals surface area contributed by atoms with Crippen LogP contribution >= 0.6 is 0 Å². The van der Waals surface area contributed by atoms with E-state index in [0.717, 1.165) is 5.69 Å². The molecule has 1 aromatic heterocycles. The molecule has 0 bridgehead atoms. The van der Waals surface area contributed by atoms with Gasteiger partial charge in [0.15, 0.2) is 0 Å². The quantitative estimate of drug-likeness (QED) is 0.633. The summed E-state index contributed by atoms with van der Waals surface area (Å²) in [6.45, 7) is 1.35. The lowest BCUT2D eigenvalue weighted by Crippen LogP contribution is -2.65. The molecule has 0 spiro atoms. The van der Waals surface area contributed by atoms with Crippen LogP contribution in [0.1, 0.15) is 6.42 Å². The predicted octanol–water partition coefficient (Wildman–Crippen LogP) is -0.351. The summed E-state index contributed by atoms with van der Waals surface area (Å²) < 4.78 is 1.68. The molecular formula is C9H14N4O2. The molecule has 0 saturated carbocycles. The van der Waals surface area contributed by atoms with E-state index in [-0.39, 0.29) is 12.0 Å². The van der Waals surface area contributed by atoms with Crippen LogP contribution in [-0.2, 0) is 11.8 Å². The van der Waals surface area contributed by atoms with Gasteiger partial charge in [-0.15, -0.1) is 0 Å². The Morgan fingerprint density at radius 2 is 2.53 bits per heavy atom. The third-order valence-electron chi connectivity index (χ3n) is 2.53. The van der Waals surface area contributed by atoms with Gasteiger partial charge in [0.05, 0.1) is 23.8 Å². The van der Waals surface area contributed by atoms with E-state index in [0.29, 0.717) is 13.1 Å². The van der Waals surface area contributed by atoms with E-state index in [2.05, 4.69) is 15.7 Å². The van der Waals surface area contributed by atoms with E-state index in [4.69, 9.17) is 5.11 Å².